The molecule has 1 aromatic rings. The Bertz CT molecular complexity index is 373. The Kier molecular flexibility index (Phi) is 3.72. The molecule has 94 valence electrons. The fraction of sp³-hybridized carbons (Fsp3) is 0.538. The van der Waals surface area contributed by atoms with Crippen LogP contribution in [0.4, 0.5) is 13.2 Å². The van der Waals surface area contributed by atoms with E-state index in [1.807, 2.05) is 12.1 Å². The molecule has 2 rings (SSSR count). The third-order valence-electron chi connectivity index (χ3n) is 3.19. The molecule has 0 heterocycles. The zero-order chi connectivity index (χ0) is 12.3. The van der Waals surface area contributed by atoms with Crippen LogP contribution in [0.5, 0.6) is 0 Å². The molecule has 17 heavy (non-hydrogen) atoms. The van der Waals surface area contributed by atoms with E-state index in [2.05, 4.69) is 17.4 Å². The van der Waals surface area contributed by atoms with Gasteiger partial charge in [-0.2, -0.15) is 13.2 Å². The van der Waals surface area contributed by atoms with Crippen molar-refractivity contribution in [3.8, 4) is 0 Å². The molecule has 1 unspecified atom stereocenters. The molecule has 0 bridgehead atoms. The number of benzene rings is 1. The topological polar surface area (TPSA) is 12.0 Å². The van der Waals surface area contributed by atoms with E-state index < -0.39 is 12.6 Å². The number of fused-ring (bicyclic) bond motifs is 1. The summed E-state index contributed by atoms with van der Waals surface area (Å²) in [5.74, 6) is 0. The monoisotopic (exact) mass is 243 g/mol. The van der Waals surface area contributed by atoms with Gasteiger partial charge in [-0.1, -0.05) is 24.3 Å². The average molecular weight is 243 g/mol. The second-order valence-corrected chi connectivity index (χ2v) is 4.53. The first-order valence-electron chi connectivity index (χ1n) is 5.91. The van der Waals surface area contributed by atoms with Gasteiger partial charge in [-0.3, -0.25) is 0 Å². The van der Waals surface area contributed by atoms with Gasteiger partial charge in [0.05, 0.1) is 6.42 Å². The first-order valence-corrected chi connectivity index (χ1v) is 5.91. The summed E-state index contributed by atoms with van der Waals surface area (Å²) >= 11 is 0. The van der Waals surface area contributed by atoms with E-state index in [9.17, 15) is 13.2 Å². The lowest BCUT2D eigenvalue weighted by molar-refractivity contribution is -0.133. The summed E-state index contributed by atoms with van der Waals surface area (Å²) in [7, 11) is 0. The predicted octanol–water partition coefficient (Wildman–Crippen LogP) is 3.09. The molecular weight excluding hydrogens is 227 g/mol. The van der Waals surface area contributed by atoms with Crippen molar-refractivity contribution in [2.75, 3.05) is 6.54 Å². The number of alkyl halides is 3. The van der Waals surface area contributed by atoms with Crippen LogP contribution < -0.4 is 5.32 Å². The predicted molar refractivity (Wildman–Crippen MR) is 60.9 cm³/mol. The second kappa shape index (κ2) is 5.08. The molecule has 0 saturated heterocycles. The first kappa shape index (κ1) is 12.4. The van der Waals surface area contributed by atoms with Crippen LogP contribution in [-0.2, 0) is 12.8 Å². The Labute approximate surface area is 99.0 Å². The third kappa shape index (κ3) is 3.73. The van der Waals surface area contributed by atoms with Crippen LogP contribution in [0, 0.1) is 0 Å². The summed E-state index contributed by atoms with van der Waals surface area (Å²) in [6.07, 6.45) is -2.08. The number of halogens is 3. The van der Waals surface area contributed by atoms with Crippen molar-refractivity contribution >= 4 is 0 Å². The maximum atomic E-state index is 12.0. The molecule has 0 aliphatic heterocycles. The number of hydrogen-bond donors (Lipinski definition) is 1. The zero-order valence-electron chi connectivity index (χ0n) is 9.56. The second-order valence-electron chi connectivity index (χ2n) is 4.53. The Morgan fingerprint density at radius 1 is 1.18 bits per heavy atom. The van der Waals surface area contributed by atoms with Crippen molar-refractivity contribution in [1.82, 2.24) is 5.32 Å². The van der Waals surface area contributed by atoms with Crippen molar-refractivity contribution in [2.45, 2.75) is 37.9 Å². The lowest BCUT2D eigenvalue weighted by Gasteiger charge is -2.25. The van der Waals surface area contributed by atoms with Crippen molar-refractivity contribution < 1.29 is 13.2 Å². The zero-order valence-corrected chi connectivity index (χ0v) is 9.56. The smallest absolute Gasteiger partial charge is 0.313 e. The van der Waals surface area contributed by atoms with Crippen LogP contribution in [0.1, 0.15) is 24.0 Å². The van der Waals surface area contributed by atoms with E-state index in [1.165, 1.54) is 11.1 Å². The molecule has 0 aromatic heterocycles. The van der Waals surface area contributed by atoms with Crippen LogP contribution in [-0.4, -0.2) is 18.8 Å². The first-order chi connectivity index (χ1) is 8.04. The largest absolute Gasteiger partial charge is 0.390 e. The molecule has 0 amide bonds. The minimum Gasteiger partial charge on any atom is -0.313 e. The highest BCUT2D eigenvalue weighted by Gasteiger charge is 2.27. The SMILES string of the molecule is FC(F)(F)CCNC1CCc2ccccc2C1. The minimum absolute atomic E-state index is 0.0241. The van der Waals surface area contributed by atoms with Gasteiger partial charge in [-0.05, 0) is 30.4 Å². The fourth-order valence-corrected chi connectivity index (χ4v) is 2.29. The summed E-state index contributed by atoms with van der Waals surface area (Å²) in [5.41, 5.74) is 2.60. The molecule has 0 saturated carbocycles. The van der Waals surface area contributed by atoms with Gasteiger partial charge < -0.3 is 5.32 Å². The van der Waals surface area contributed by atoms with E-state index in [4.69, 9.17) is 0 Å². The van der Waals surface area contributed by atoms with Crippen molar-refractivity contribution in [2.24, 2.45) is 0 Å². The van der Waals surface area contributed by atoms with E-state index >= 15 is 0 Å². The molecule has 1 aliphatic carbocycles. The van der Waals surface area contributed by atoms with E-state index in [1.54, 1.807) is 0 Å². The minimum atomic E-state index is -4.06. The Morgan fingerprint density at radius 3 is 2.59 bits per heavy atom. The summed E-state index contributed by atoms with van der Waals surface area (Å²) in [6.45, 7) is 0.0241. The van der Waals surface area contributed by atoms with E-state index in [-0.39, 0.29) is 12.6 Å². The highest BCUT2D eigenvalue weighted by atomic mass is 19.4. The summed E-state index contributed by atoms with van der Waals surface area (Å²) in [6, 6.07) is 8.34. The number of rotatable bonds is 3. The fourth-order valence-electron chi connectivity index (χ4n) is 2.29. The molecule has 1 nitrogen and oxygen atoms in total. The van der Waals surface area contributed by atoms with Gasteiger partial charge in [0.1, 0.15) is 0 Å². The highest BCUT2D eigenvalue weighted by Crippen LogP contribution is 2.22. The molecule has 0 fully saturated rings. The molecule has 1 atom stereocenters. The molecule has 4 heteroatoms. The third-order valence-corrected chi connectivity index (χ3v) is 3.19. The maximum absolute atomic E-state index is 12.0. The molecular formula is C13H16F3N. The van der Waals surface area contributed by atoms with Gasteiger partial charge in [0.15, 0.2) is 0 Å². The number of hydrogen-bond acceptors (Lipinski definition) is 1. The van der Waals surface area contributed by atoms with Gasteiger partial charge in [0.2, 0.25) is 0 Å². The van der Waals surface area contributed by atoms with Gasteiger partial charge in [-0.25, -0.2) is 0 Å². The normalized spacial score (nSPS) is 20.1. The molecule has 1 aliphatic rings. The summed E-state index contributed by atoms with van der Waals surface area (Å²) < 4.78 is 36.0. The summed E-state index contributed by atoms with van der Waals surface area (Å²) in [4.78, 5) is 0. The number of aryl methyl sites for hydroxylation is 1. The van der Waals surface area contributed by atoms with E-state index in [0.717, 1.165) is 19.3 Å². The quantitative estimate of drug-likeness (QED) is 0.860. The van der Waals surface area contributed by atoms with Crippen molar-refractivity contribution in [1.29, 1.82) is 0 Å². The lowest BCUT2D eigenvalue weighted by atomic mass is 9.88. The van der Waals surface area contributed by atoms with Crippen LogP contribution in [0.3, 0.4) is 0 Å². The Morgan fingerprint density at radius 2 is 1.88 bits per heavy atom. The molecule has 0 radical (unpaired) electrons. The maximum Gasteiger partial charge on any atom is 0.390 e. The average Bonchev–Trinajstić information content (AvgIpc) is 2.27. The van der Waals surface area contributed by atoms with Gasteiger partial charge >= 0.3 is 6.18 Å². The summed E-state index contributed by atoms with van der Waals surface area (Å²) in [5, 5.41) is 3.00. The Balaban J connectivity index is 1.82. The standard InChI is InChI=1S/C13H16F3N/c14-13(15,16)7-8-17-12-6-5-10-3-1-2-4-11(10)9-12/h1-4,12,17H,5-9H2. The van der Waals surface area contributed by atoms with Gasteiger partial charge in [0, 0.05) is 12.6 Å². The van der Waals surface area contributed by atoms with Gasteiger partial charge in [-0.15, -0.1) is 0 Å². The molecule has 1 N–H and O–H groups in total. The van der Waals surface area contributed by atoms with Crippen LogP contribution >= 0.6 is 0 Å². The van der Waals surface area contributed by atoms with Crippen molar-refractivity contribution in [3.05, 3.63) is 35.4 Å². The highest BCUT2D eigenvalue weighted by molar-refractivity contribution is 5.30. The molecule has 0 spiro atoms. The number of nitrogens with one attached hydrogen (secondary N) is 1. The van der Waals surface area contributed by atoms with Crippen LogP contribution in [0.2, 0.25) is 0 Å². The van der Waals surface area contributed by atoms with Crippen LogP contribution in [0.15, 0.2) is 24.3 Å². The lowest BCUT2D eigenvalue weighted by Crippen LogP contribution is -2.36. The van der Waals surface area contributed by atoms with Crippen molar-refractivity contribution in [3.63, 3.8) is 0 Å². The Hall–Kier alpha value is -1.03. The van der Waals surface area contributed by atoms with Crippen LogP contribution in [0.25, 0.3) is 0 Å². The molecule has 1 aromatic carbocycles. The van der Waals surface area contributed by atoms with Gasteiger partial charge in [0.25, 0.3) is 0 Å². The van der Waals surface area contributed by atoms with E-state index in [0.29, 0.717) is 0 Å².